The van der Waals surface area contributed by atoms with Gasteiger partial charge in [-0.05, 0) is 61.5 Å². The highest BCUT2D eigenvalue weighted by Gasteiger charge is 2.50. The third-order valence-electron chi connectivity index (χ3n) is 7.27. The van der Waals surface area contributed by atoms with Crippen LogP contribution in [0.15, 0.2) is 22.5 Å². The minimum atomic E-state index is -0.380. The maximum atomic E-state index is 7.03. The molecule has 3 heterocycles. The summed E-state index contributed by atoms with van der Waals surface area (Å²) < 4.78 is 0. The van der Waals surface area contributed by atoms with Crippen molar-refractivity contribution in [2.24, 2.45) is 0 Å². The van der Waals surface area contributed by atoms with Gasteiger partial charge in [-0.3, -0.25) is 0 Å². The van der Waals surface area contributed by atoms with Crippen LogP contribution in [-0.4, -0.2) is 87.9 Å². The molecule has 8 heteroatoms. The first-order valence-electron chi connectivity index (χ1n) is 11.6. The van der Waals surface area contributed by atoms with Gasteiger partial charge in [0.25, 0.3) is 0 Å². The van der Waals surface area contributed by atoms with Gasteiger partial charge >= 0.3 is 0 Å². The summed E-state index contributed by atoms with van der Waals surface area (Å²) in [5.41, 5.74) is 1.34. The minimum Gasteiger partial charge on any atom is -0.370 e. The maximum Gasteiger partial charge on any atom is 0.0932 e. The molecule has 0 saturated carbocycles. The molecule has 0 bridgehead atoms. The van der Waals surface area contributed by atoms with Crippen LogP contribution in [0.4, 0.5) is 0 Å². The third kappa shape index (κ3) is 4.20. The Morgan fingerprint density at radius 1 is 0.844 bits per heavy atom. The first-order valence-corrected chi connectivity index (χ1v) is 12.4. The smallest absolute Gasteiger partial charge is 0.0932 e. The van der Waals surface area contributed by atoms with E-state index < -0.39 is 0 Å². The Labute approximate surface area is 205 Å². The molecule has 0 aliphatic carbocycles. The molecule has 3 aliphatic heterocycles. The fourth-order valence-electron chi connectivity index (χ4n) is 6.14. The Balaban J connectivity index is 1.82. The Hall–Kier alpha value is -0.500. The fraction of sp³-hybridized carbons (Fsp3) is 0.833. The van der Waals surface area contributed by atoms with Crippen molar-refractivity contribution in [2.45, 2.75) is 89.3 Å². The number of rotatable bonds is 4. The zero-order chi connectivity index (χ0) is 24.3. The molecule has 3 aliphatic rings. The molecule has 1 fully saturated rings. The molecule has 0 aromatic carbocycles. The third-order valence-corrected chi connectivity index (χ3v) is 8.71. The van der Waals surface area contributed by atoms with Gasteiger partial charge in [0.15, 0.2) is 0 Å². The van der Waals surface area contributed by atoms with Crippen LogP contribution in [-0.2, 0) is 9.68 Å². The van der Waals surface area contributed by atoms with Crippen LogP contribution in [0.5, 0.6) is 0 Å². The lowest BCUT2D eigenvalue weighted by molar-refractivity contribution is -0.242. The van der Waals surface area contributed by atoms with Crippen molar-refractivity contribution in [2.75, 3.05) is 40.4 Å². The van der Waals surface area contributed by atoms with Crippen LogP contribution in [0.3, 0.4) is 0 Å². The Bertz CT molecular complexity index is 783. The van der Waals surface area contributed by atoms with Crippen molar-refractivity contribution in [3.63, 3.8) is 0 Å². The lowest BCUT2D eigenvalue weighted by Gasteiger charge is -2.55. The van der Waals surface area contributed by atoms with Crippen molar-refractivity contribution < 1.29 is 9.68 Å². The number of hydroxylamine groups is 4. The Kier molecular flexibility index (Phi) is 7.03. The lowest BCUT2D eigenvalue weighted by Crippen LogP contribution is -2.64. The Morgan fingerprint density at radius 3 is 1.84 bits per heavy atom. The molecule has 0 radical (unpaired) electrons. The van der Waals surface area contributed by atoms with Crippen LogP contribution >= 0.6 is 23.2 Å². The second-order valence-electron chi connectivity index (χ2n) is 11.5. The molecule has 0 aromatic rings. The first kappa shape index (κ1) is 26.1. The second kappa shape index (κ2) is 8.62. The molecule has 1 atom stereocenters. The fourth-order valence-corrected chi connectivity index (χ4v) is 6.69. The second-order valence-corrected chi connectivity index (χ2v) is 12.3. The molecule has 3 rings (SSSR count). The van der Waals surface area contributed by atoms with Gasteiger partial charge in [-0.1, -0.05) is 11.6 Å². The van der Waals surface area contributed by atoms with Gasteiger partial charge < -0.3 is 19.5 Å². The lowest BCUT2D eigenvalue weighted by atomic mass is 9.84. The van der Waals surface area contributed by atoms with Gasteiger partial charge in [-0.15, -0.1) is 11.6 Å². The van der Waals surface area contributed by atoms with E-state index in [1.165, 1.54) is 11.4 Å². The van der Waals surface area contributed by atoms with E-state index in [0.717, 1.165) is 37.6 Å². The van der Waals surface area contributed by atoms with Crippen molar-refractivity contribution in [3.05, 3.63) is 22.5 Å². The number of hydrogen-bond acceptors (Lipinski definition) is 6. The summed E-state index contributed by atoms with van der Waals surface area (Å²) in [5.74, 6) is 0. The standard InChI is InChI=1S/C24H42Cl2N4O2/c1-21(2)15-17(19(25)23(5,6)29(21)31-9)27-11-13-28(14-12-27)18-16-22(3,4)30(32-10)24(7,8)20(18)26/h15,19H,11-14,16H2,1-10H3. The molecule has 0 aromatic heterocycles. The van der Waals surface area contributed by atoms with E-state index in [0.29, 0.717) is 0 Å². The molecule has 0 N–H and O–H groups in total. The quantitative estimate of drug-likeness (QED) is 0.528. The summed E-state index contributed by atoms with van der Waals surface area (Å²) in [4.78, 5) is 16.4. The zero-order valence-corrected chi connectivity index (χ0v) is 23.1. The monoisotopic (exact) mass is 488 g/mol. The Morgan fingerprint density at radius 2 is 1.34 bits per heavy atom. The predicted molar refractivity (Wildman–Crippen MR) is 132 cm³/mol. The minimum absolute atomic E-state index is 0.145. The van der Waals surface area contributed by atoms with E-state index in [-0.39, 0.29) is 27.5 Å². The highest BCUT2D eigenvalue weighted by Crippen LogP contribution is 2.45. The van der Waals surface area contributed by atoms with E-state index in [4.69, 9.17) is 32.9 Å². The number of halogens is 2. The van der Waals surface area contributed by atoms with E-state index >= 15 is 0 Å². The van der Waals surface area contributed by atoms with Crippen LogP contribution in [0.1, 0.15) is 61.8 Å². The summed E-state index contributed by atoms with van der Waals surface area (Å²) >= 11 is 14.0. The summed E-state index contributed by atoms with van der Waals surface area (Å²) in [6.07, 6.45) is 3.12. The van der Waals surface area contributed by atoms with Gasteiger partial charge in [0, 0.05) is 49.5 Å². The topological polar surface area (TPSA) is 31.4 Å². The van der Waals surface area contributed by atoms with Gasteiger partial charge in [0.1, 0.15) is 0 Å². The summed E-state index contributed by atoms with van der Waals surface area (Å²) in [5, 5.41) is 4.75. The highest BCUT2D eigenvalue weighted by molar-refractivity contribution is 6.31. The zero-order valence-electron chi connectivity index (χ0n) is 21.6. The maximum absolute atomic E-state index is 7.03. The molecule has 184 valence electrons. The number of alkyl halides is 1. The van der Waals surface area contributed by atoms with Gasteiger partial charge in [0.2, 0.25) is 0 Å². The molecule has 0 spiro atoms. The average molecular weight is 490 g/mol. The van der Waals surface area contributed by atoms with Gasteiger partial charge in [-0.2, -0.15) is 10.1 Å². The predicted octanol–water partition coefficient (Wildman–Crippen LogP) is 4.80. The van der Waals surface area contributed by atoms with Gasteiger partial charge in [0.05, 0.1) is 41.2 Å². The molecule has 6 nitrogen and oxygen atoms in total. The number of hydrogen-bond donors (Lipinski definition) is 0. The molecular weight excluding hydrogens is 447 g/mol. The summed E-state index contributed by atoms with van der Waals surface area (Å²) in [6, 6.07) is 0. The molecular formula is C24H42Cl2N4O2. The van der Waals surface area contributed by atoms with Crippen molar-refractivity contribution >= 4 is 23.2 Å². The normalized spacial score (nSPS) is 30.5. The molecule has 0 amide bonds. The van der Waals surface area contributed by atoms with Crippen molar-refractivity contribution in [1.29, 1.82) is 0 Å². The van der Waals surface area contributed by atoms with Crippen LogP contribution in [0.2, 0.25) is 0 Å². The summed E-state index contributed by atoms with van der Waals surface area (Å²) in [7, 11) is 3.45. The largest absolute Gasteiger partial charge is 0.370 e. The van der Waals surface area contributed by atoms with E-state index in [1.54, 1.807) is 14.2 Å². The van der Waals surface area contributed by atoms with E-state index in [1.807, 2.05) is 10.1 Å². The van der Waals surface area contributed by atoms with Crippen LogP contribution in [0.25, 0.3) is 0 Å². The van der Waals surface area contributed by atoms with E-state index in [2.05, 4.69) is 71.3 Å². The summed E-state index contributed by atoms with van der Waals surface area (Å²) in [6.45, 7) is 21.0. The number of piperazine rings is 1. The molecule has 1 unspecified atom stereocenters. The average Bonchev–Trinajstić information content (AvgIpc) is 2.68. The van der Waals surface area contributed by atoms with E-state index in [9.17, 15) is 0 Å². The van der Waals surface area contributed by atoms with Crippen molar-refractivity contribution in [3.8, 4) is 0 Å². The van der Waals surface area contributed by atoms with Gasteiger partial charge in [-0.25, -0.2) is 0 Å². The van der Waals surface area contributed by atoms with Crippen LogP contribution in [0, 0.1) is 0 Å². The van der Waals surface area contributed by atoms with Crippen molar-refractivity contribution in [1.82, 2.24) is 19.9 Å². The molecule has 32 heavy (non-hydrogen) atoms. The SMILES string of the molecule is CON1C(C)(C)CC(N2CCN(C3=CC(C)(C)N(OC)C(C)(C)C3Cl)CC2)=C(Cl)C1(C)C. The van der Waals surface area contributed by atoms with Crippen LogP contribution < -0.4 is 0 Å². The molecule has 1 saturated heterocycles. The highest BCUT2D eigenvalue weighted by atomic mass is 35.5. The number of nitrogens with zero attached hydrogens (tertiary/aromatic N) is 4. The first-order chi connectivity index (χ1) is 14.6.